The van der Waals surface area contributed by atoms with E-state index in [9.17, 15) is 24.0 Å². The van der Waals surface area contributed by atoms with E-state index >= 15 is 0 Å². The van der Waals surface area contributed by atoms with E-state index < -0.39 is 34.2 Å². The number of carbonyl (C=O) groups excluding carboxylic acids is 5. The molecule has 1 saturated heterocycles. The molecule has 12 saturated carbocycles. The third kappa shape index (κ3) is 5.10. The molecule has 1 aliphatic heterocycles. The van der Waals surface area contributed by atoms with Crippen LogP contribution in [0.4, 0.5) is 0 Å². The van der Waals surface area contributed by atoms with Gasteiger partial charge in [0.05, 0.1) is 22.9 Å². The zero-order valence-electron chi connectivity index (χ0n) is 31.2. The molecule has 10 nitrogen and oxygen atoms in total. The third-order valence-corrected chi connectivity index (χ3v) is 16.3. The number of hydrogen-bond donors (Lipinski definition) is 0. The smallest absolute Gasteiger partial charge is 0.312 e. The number of ketones is 2. The van der Waals surface area contributed by atoms with E-state index in [1.165, 1.54) is 0 Å². The summed E-state index contributed by atoms with van der Waals surface area (Å²) in [7, 11) is 0. The highest BCUT2D eigenvalue weighted by Crippen LogP contribution is 2.67. The fourth-order valence-electron chi connectivity index (χ4n) is 14.6. The van der Waals surface area contributed by atoms with E-state index in [-0.39, 0.29) is 72.0 Å². The molecular formula is C42H56O10. The van der Waals surface area contributed by atoms with Crippen LogP contribution in [0.1, 0.15) is 117 Å². The van der Waals surface area contributed by atoms with Crippen molar-refractivity contribution in [3.63, 3.8) is 0 Å². The number of hydrogen-bond acceptors (Lipinski definition) is 10. The first-order valence-electron chi connectivity index (χ1n) is 20.6. The van der Waals surface area contributed by atoms with Crippen molar-refractivity contribution in [2.75, 3.05) is 19.8 Å². The molecule has 1 spiro atoms. The molecule has 1 heterocycles. The quantitative estimate of drug-likeness (QED) is 0.225. The molecule has 0 aromatic carbocycles. The van der Waals surface area contributed by atoms with Crippen LogP contribution in [0.5, 0.6) is 0 Å². The van der Waals surface area contributed by atoms with E-state index in [0.717, 1.165) is 70.6 Å². The number of Topliss-reactive ketones (excluding diaryl/α,β-unsaturated/α-hetero) is 2. The first-order valence-corrected chi connectivity index (χ1v) is 20.6. The summed E-state index contributed by atoms with van der Waals surface area (Å²) < 4.78 is 32.5. The van der Waals surface area contributed by atoms with Gasteiger partial charge in [-0.3, -0.25) is 24.0 Å². The summed E-state index contributed by atoms with van der Waals surface area (Å²) in [5.74, 6) is 0.601. The molecule has 52 heavy (non-hydrogen) atoms. The minimum atomic E-state index is -0.872. The normalized spacial score (nSPS) is 50.3. The van der Waals surface area contributed by atoms with Crippen LogP contribution in [-0.4, -0.2) is 67.3 Å². The minimum absolute atomic E-state index is 0.0154. The van der Waals surface area contributed by atoms with Crippen molar-refractivity contribution in [3.8, 4) is 0 Å². The lowest BCUT2D eigenvalue weighted by atomic mass is 9.47. The molecule has 6 unspecified atom stereocenters. The van der Waals surface area contributed by atoms with Gasteiger partial charge in [0.25, 0.3) is 0 Å². The first-order chi connectivity index (χ1) is 24.7. The van der Waals surface area contributed by atoms with Crippen molar-refractivity contribution < 1.29 is 47.7 Å². The minimum Gasteiger partial charge on any atom is -0.465 e. The maximum Gasteiger partial charge on any atom is 0.312 e. The first kappa shape index (κ1) is 34.2. The summed E-state index contributed by atoms with van der Waals surface area (Å²) in [5.41, 5.74) is -1.86. The highest BCUT2D eigenvalue weighted by Gasteiger charge is 2.69. The lowest BCUT2D eigenvalue weighted by molar-refractivity contribution is -0.317. The summed E-state index contributed by atoms with van der Waals surface area (Å²) in [6.45, 7) is 6.09. The van der Waals surface area contributed by atoms with Gasteiger partial charge < -0.3 is 23.7 Å². The van der Waals surface area contributed by atoms with Crippen LogP contribution < -0.4 is 0 Å². The van der Waals surface area contributed by atoms with Gasteiger partial charge in [0, 0.05) is 40.9 Å². The van der Waals surface area contributed by atoms with Crippen molar-refractivity contribution >= 4 is 29.5 Å². The molecule has 13 aliphatic rings. The van der Waals surface area contributed by atoms with Crippen LogP contribution in [0.15, 0.2) is 0 Å². The number of ether oxygens (including phenoxy) is 5. The largest absolute Gasteiger partial charge is 0.465 e. The van der Waals surface area contributed by atoms with Crippen molar-refractivity contribution in [2.45, 2.75) is 135 Å². The molecule has 0 amide bonds. The summed E-state index contributed by atoms with van der Waals surface area (Å²) in [6, 6.07) is 0. The van der Waals surface area contributed by atoms with Gasteiger partial charge in [-0.15, -0.1) is 0 Å². The molecular weight excluding hydrogens is 664 g/mol. The molecule has 0 aromatic rings. The number of carbonyl (C=O) groups is 5. The maximum absolute atomic E-state index is 14.0. The SMILES string of the molecule is CC(C)(C)C(=O)OCC12CC3CC(C1)C1(O[C@H](COC(=O)C45CC6CC(C4)C(=O)C(C6)C5)[C@@H](COC(=O)C45CC6CC(C4)C(=O)C(C6)C5)O1)C(C3)C2. The molecule has 0 N–H and O–H groups in total. The van der Waals surface area contributed by atoms with Gasteiger partial charge in [-0.2, -0.15) is 0 Å². The van der Waals surface area contributed by atoms with Crippen molar-refractivity contribution in [3.05, 3.63) is 0 Å². The predicted molar refractivity (Wildman–Crippen MR) is 183 cm³/mol. The maximum atomic E-state index is 14.0. The molecule has 0 aromatic heterocycles. The lowest BCUT2D eigenvalue weighted by Gasteiger charge is -2.62. The Balaban J connectivity index is 0.871. The van der Waals surface area contributed by atoms with Gasteiger partial charge in [0.1, 0.15) is 37.0 Å². The van der Waals surface area contributed by atoms with E-state index in [1.54, 1.807) is 0 Å². The lowest BCUT2D eigenvalue weighted by Crippen LogP contribution is -2.63. The Morgan fingerprint density at radius 3 is 1.44 bits per heavy atom. The fraction of sp³-hybridized carbons (Fsp3) is 0.881. The summed E-state index contributed by atoms with van der Waals surface area (Å²) in [4.78, 5) is 66.5. The van der Waals surface area contributed by atoms with E-state index in [2.05, 4.69) is 0 Å². The van der Waals surface area contributed by atoms with Crippen molar-refractivity contribution in [1.82, 2.24) is 0 Å². The molecule has 8 atom stereocenters. The Kier molecular flexibility index (Phi) is 7.47. The van der Waals surface area contributed by atoms with Crippen LogP contribution in [0.3, 0.4) is 0 Å². The summed E-state index contributed by atoms with van der Waals surface area (Å²) in [5, 5.41) is 0. The highest BCUT2D eigenvalue weighted by atomic mass is 16.8. The van der Waals surface area contributed by atoms with Gasteiger partial charge in [-0.05, 0) is 135 Å². The molecule has 13 fully saturated rings. The number of rotatable bonds is 8. The van der Waals surface area contributed by atoms with E-state index in [1.807, 2.05) is 20.8 Å². The Hall–Kier alpha value is -2.33. The van der Waals surface area contributed by atoms with Gasteiger partial charge >= 0.3 is 17.9 Å². The topological polar surface area (TPSA) is 132 Å². The van der Waals surface area contributed by atoms with Crippen molar-refractivity contribution in [2.24, 2.45) is 74.9 Å². The summed E-state index contributed by atoms with van der Waals surface area (Å²) in [6.07, 6.45) is 11.0. The van der Waals surface area contributed by atoms with Crippen molar-refractivity contribution in [1.29, 1.82) is 0 Å². The molecule has 12 aliphatic carbocycles. The zero-order chi connectivity index (χ0) is 36.0. The average Bonchev–Trinajstić information content (AvgIpc) is 3.46. The van der Waals surface area contributed by atoms with E-state index in [0.29, 0.717) is 61.6 Å². The average molecular weight is 721 g/mol. The number of esters is 3. The van der Waals surface area contributed by atoms with Crippen LogP contribution in [-0.2, 0) is 47.7 Å². The second kappa shape index (κ2) is 11.4. The Morgan fingerprint density at radius 2 is 1.02 bits per heavy atom. The molecule has 12 bridgehead atoms. The predicted octanol–water partition coefficient (Wildman–Crippen LogP) is 5.76. The van der Waals surface area contributed by atoms with Gasteiger partial charge in [0.15, 0.2) is 5.79 Å². The van der Waals surface area contributed by atoms with Gasteiger partial charge in [-0.1, -0.05) is 0 Å². The molecule has 284 valence electrons. The molecule has 13 rings (SSSR count). The highest BCUT2D eigenvalue weighted by molar-refractivity contribution is 5.90. The molecule has 10 heteroatoms. The second-order valence-corrected chi connectivity index (χ2v) is 21.0. The van der Waals surface area contributed by atoms with Crippen LogP contribution >= 0.6 is 0 Å². The standard InChI is InChI=1S/C42H56O10/c1-38(2,3)35(45)50-21-39-10-24-8-29(17-39)42(30(9-24)18-39)51-31(19-48-36(46)40-11-22-4-25(13-40)33(43)26(5-22)14-40)32(52-42)20-49-37(47)41-12-23-6-27(15-41)34(44)28(7-23)16-41/h22-32H,4-21H2,1-3H3/t22?,23?,24?,25?,26?,27?,28?,29?,30?,31-,32-,39?,40?,41?,42?/m1/s1. The third-order valence-electron chi connectivity index (χ3n) is 16.3. The van der Waals surface area contributed by atoms with E-state index in [4.69, 9.17) is 23.7 Å². The van der Waals surface area contributed by atoms with Crippen LogP contribution in [0.25, 0.3) is 0 Å². The van der Waals surface area contributed by atoms with Crippen LogP contribution in [0.2, 0.25) is 0 Å². The monoisotopic (exact) mass is 720 g/mol. The Labute approximate surface area is 306 Å². The van der Waals surface area contributed by atoms with Gasteiger partial charge in [-0.25, -0.2) is 0 Å². The van der Waals surface area contributed by atoms with Crippen LogP contribution in [0, 0.1) is 74.9 Å². The Morgan fingerprint density at radius 1 is 0.596 bits per heavy atom. The fourth-order valence-corrected chi connectivity index (χ4v) is 14.6. The van der Waals surface area contributed by atoms with Gasteiger partial charge in [0.2, 0.25) is 0 Å². The second-order valence-electron chi connectivity index (χ2n) is 21.0. The Bertz CT molecular complexity index is 1460. The zero-order valence-corrected chi connectivity index (χ0v) is 31.2. The molecule has 0 radical (unpaired) electrons. The summed E-state index contributed by atoms with van der Waals surface area (Å²) >= 11 is 0.